The molecule has 3 N–H and O–H groups in total. The van der Waals surface area contributed by atoms with Gasteiger partial charge in [0.2, 0.25) is 0 Å². The van der Waals surface area contributed by atoms with Gasteiger partial charge < -0.3 is 20.1 Å². The molecule has 2 unspecified atom stereocenters. The van der Waals surface area contributed by atoms with Crippen LogP contribution in [0.2, 0.25) is 0 Å². The number of rotatable bonds is 56. The van der Waals surface area contributed by atoms with Crippen molar-refractivity contribution in [2.24, 2.45) is 5.73 Å². The predicted molar refractivity (Wildman–Crippen MR) is 293 cm³/mol. The van der Waals surface area contributed by atoms with E-state index in [-0.39, 0.29) is 32.3 Å². The van der Waals surface area contributed by atoms with Crippen LogP contribution >= 0.6 is 7.82 Å². The standard InChI is InChI=1S/C59H112NO7P/c1-3-5-7-9-11-13-15-17-19-21-23-25-27-29-30-32-34-36-38-40-42-44-46-48-50-52-59(61)67-58(57-66-68(62,63)65-55-53-60)56-64-54-51-49-47-45-43-41-39-37-35-33-31-28-26-24-22-20-18-16-14-12-10-8-6-4-2/h15-18,21-24,58H,3-14,19-20,25-57,60H2,1-2H3,(H,62,63)/b17-15-,18-16-,23-21-,24-22-. The van der Waals surface area contributed by atoms with Crippen LogP contribution in [0, 0.1) is 0 Å². The molecule has 0 aliphatic carbocycles. The summed E-state index contributed by atoms with van der Waals surface area (Å²) in [6, 6.07) is 0. The summed E-state index contributed by atoms with van der Waals surface area (Å²) in [6.45, 7) is 4.95. The van der Waals surface area contributed by atoms with Gasteiger partial charge in [0, 0.05) is 19.6 Å². The highest BCUT2D eigenvalue weighted by molar-refractivity contribution is 7.47. The SMILES string of the molecule is CCCCCCC/C=C\C/C=C\CCCCCCCCCCCCCCCC(=O)OC(COCCCCCCCCCCCCCC/C=C\C/C=C\CCCCCCC)COP(=O)(O)OCCN. The fourth-order valence-corrected chi connectivity index (χ4v) is 9.18. The molecule has 2 atom stereocenters. The van der Waals surface area contributed by atoms with Gasteiger partial charge in [-0.15, -0.1) is 0 Å². The first kappa shape index (κ1) is 66.5. The van der Waals surface area contributed by atoms with Gasteiger partial charge >= 0.3 is 13.8 Å². The van der Waals surface area contributed by atoms with E-state index in [0.29, 0.717) is 13.0 Å². The summed E-state index contributed by atoms with van der Waals surface area (Å²) in [7, 11) is -4.29. The number of ether oxygens (including phenoxy) is 2. The molecule has 0 spiro atoms. The van der Waals surface area contributed by atoms with Crippen molar-refractivity contribution in [2.45, 2.75) is 290 Å². The van der Waals surface area contributed by atoms with Crippen molar-refractivity contribution >= 4 is 13.8 Å². The van der Waals surface area contributed by atoms with Gasteiger partial charge in [0.25, 0.3) is 0 Å². The van der Waals surface area contributed by atoms with Crippen molar-refractivity contribution < 1.29 is 32.8 Å². The molecule has 400 valence electrons. The average molecular weight is 979 g/mol. The van der Waals surface area contributed by atoms with Crippen molar-refractivity contribution in [3.05, 3.63) is 48.6 Å². The monoisotopic (exact) mass is 978 g/mol. The summed E-state index contributed by atoms with van der Waals surface area (Å²) in [6.07, 6.45) is 70.2. The molecule has 0 aliphatic heterocycles. The third-order valence-electron chi connectivity index (χ3n) is 12.7. The van der Waals surface area contributed by atoms with Crippen LogP contribution in [0.25, 0.3) is 0 Å². The lowest BCUT2D eigenvalue weighted by molar-refractivity contribution is -0.154. The second-order valence-electron chi connectivity index (χ2n) is 19.5. The van der Waals surface area contributed by atoms with E-state index >= 15 is 0 Å². The van der Waals surface area contributed by atoms with Gasteiger partial charge in [0.1, 0.15) is 6.10 Å². The molecular formula is C59H112NO7P. The first-order chi connectivity index (χ1) is 33.4. The molecule has 0 fully saturated rings. The number of phosphoric acid groups is 1. The molecule has 0 heterocycles. The second kappa shape index (κ2) is 56.4. The first-order valence-electron chi connectivity index (χ1n) is 29.1. The van der Waals surface area contributed by atoms with Gasteiger partial charge in [0.15, 0.2) is 0 Å². The molecule has 0 saturated carbocycles. The minimum Gasteiger partial charge on any atom is -0.457 e. The molecule has 8 nitrogen and oxygen atoms in total. The van der Waals surface area contributed by atoms with E-state index in [9.17, 15) is 14.3 Å². The minimum absolute atomic E-state index is 0.0956. The highest BCUT2D eigenvalue weighted by atomic mass is 31.2. The number of hydrogen-bond acceptors (Lipinski definition) is 7. The topological polar surface area (TPSA) is 117 Å². The Hall–Kier alpha value is -1.54. The molecule has 68 heavy (non-hydrogen) atoms. The molecule has 0 rings (SSSR count). The van der Waals surface area contributed by atoms with Gasteiger partial charge in [-0.3, -0.25) is 13.8 Å². The number of carbonyl (C=O) groups is 1. The third kappa shape index (κ3) is 55.4. The lowest BCUT2D eigenvalue weighted by Gasteiger charge is -2.20. The molecule has 0 bridgehead atoms. The van der Waals surface area contributed by atoms with E-state index in [0.717, 1.165) is 44.9 Å². The van der Waals surface area contributed by atoms with Crippen LogP contribution in [0.4, 0.5) is 0 Å². The van der Waals surface area contributed by atoms with Crippen LogP contribution in [-0.2, 0) is 27.9 Å². The van der Waals surface area contributed by atoms with E-state index in [1.165, 1.54) is 218 Å². The third-order valence-corrected chi connectivity index (χ3v) is 13.7. The Bertz CT molecular complexity index is 1190. The number of hydrogen-bond donors (Lipinski definition) is 2. The fraction of sp³-hybridized carbons (Fsp3) is 0.847. The van der Waals surface area contributed by atoms with Crippen LogP contribution < -0.4 is 5.73 Å². The van der Waals surface area contributed by atoms with Crippen molar-refractivity contribution in [3.63, 3.8) is 0 Å². The fourth-order valence-electron chi connectivity index (χ4n) is 8.41. The van der Waals surface area contributed by atoms with Crippen LogP contribution in [0.15, 0.2) is 48.6 Å². The van der Waals surface area contributed by atoms with E-state index in [4.69, 9.17) is 24.3 Å². The Kier molecular flexibility index (Phi) is 55.1. The number of allylic oxidation sites excluding steroid dienone is 8. The number of phosphoric ester groups is 1. The quantitative estimate of drug-likeness (QED) is 0.0268. The lowest BCUT2D eigenvalue weighted by Crippen LogP contribution is -2.28. The van der Waals surface area contributed by atoms with Crippen LogP contribution in [0.3, 0.4) is 0 Å². The molecule has 0 radical (unpaired) electrons. The highest BCUT2D eigenvalue weighted by Gasteiger charge is 2.25. The normalized spacial score (nSPS) is 13.5. The maximum Gasteiger partial charge on any atom is 0.472 e. The van der Waals surface area contributed by atoms with Gasteiger partial charge in [-0.25, -0.2) is 4.57 Å². The zero-order chi connectivity index (χ0) is 49.4. The van der Waals surface area contributed by atoms with E-state index in [1.807, 2.05) is 0 Å². The summed E-state index contributed by atoms with van der Waals surface area (Å²) in [5.74, 6) is -0.328. The summed E-state index contributed by atoms with van der Waals surface area (Å²) in [4.78, 5) is 22.7. The molecular weight excluding hydrogens is 866 g/mol. The lowest BCUT2D eigenvalue weighted by atomic mass is 10.0. The summed E-state index contributed by atoms with van der Waals surface area (Å²) in [5, 5.41) is 0. The van der Waals surface area contributed by atoms with Crippen LogP contribution in [0.5, 0.6) is 0 Å². The average Bonchev–Trinajstić information content (AvgIpc) is 3.33. The zero-order valence-corrected chi connectivity index (χ0v) is 45.7. The Morgan fingerprint density at radius 1 is 0.441 bits per heavy atom. The highest BCUT2D eigenvalue weighted by Crippen LogP contribution is 2.43. The van der Waals surface area contributed by atoms with E-state index in [1.54, 1.807) is 0 Å². The molecule has 0 saturated heterocycles. The number of esters is 1. The Morgan fingerprint density at radius 3 is 1.15 bits per heavy atom. The number of unbranched alkanes of at least 4 members (excludes halogenated alkanes) is 35. The first-order valence-corrected chi connectivity index (χ1v) is 30.6. The summed E-state index contributed by atoms with van der Waals surface area (Å²) >= 11 is 0. The van der Waals surface area contributed by atoms with Crippen molar-refractivity contribution in [1.29, 1.82) is 0 Å². The Balaban J connectivity index is 3.87. The summed E-state index contributed by atoms with van der Waals surface area (Å²) in [5.41, 5.74) is 5.40. The van der Waals surface area contributed by atoms with Gasteiger partial charge in [-0.1, -0.05) is 249 Å². The van der Waals surface area contributed by atoms with E-state index in [2.05, 4.69) is 62.5 Å². The number of nitrogens with two attached hydrogens (primary N) is 1. The molecule has 0 aromatic carbocycles. The van der Waals surface area contributed by atoms with Crippen molar-refractivity contribution in [1.82, 2.24) is 0 Å². The second-order valence-corrected chi connectivity index (χ2v) is 21.0. The Labute approximate surface area is 421 Å². The minimum atomic E-state index is -4.29. The van der Waals surface area contributed by atoms with E-state index < -0.39 is 13.9 Å². The van der Waals surface area contributed by atoms with Crippen LogP contribution in [-0.4, -0.2) is 49.9 Å². The summed E-state index contributed by atoms with van der Waals surface area (Å²) < 4.78 is 33.7. The smallest absolute Gasteiger partial charge is 0.457 e. The predicted octanol–water partition coefficient (Wildman–Crippen LogP) is 18.7. The van der Waals surface area contributed by atoms with Crippen molar-refractivity contribution in [3.8, 4) is 0 Å². The molecule has 9 heteroatoms. The van der Waals surface area contributed by atoms with Crippen molar-refractivity contribution in [2.75, 3.05) is 33.0 Å². The molecule has 0 aromatic heterocycles. The number of carbonyl (C=O) groups excluding carboxylic acids is 1. The Morgan fingerprint density at radius 2 is 0.779 bits per heavy atom. The molecule has 0 aliphatic rings. The van der Waals surface area contributed by atoms with Gasteiger partial charge in [-0.05, 0) is 77.0 Å². The maximum atomic E-state index is 12.7. The molecule has 0 amide bonds. The largest absolute Gasteiger partial charge is 0.472 e. The zero-order valence-electron chi connectivity index (χ0n) is 44.9. The molecule has 0 aromatic rings. The maximum absolute atomic E-state index is 12.7. The van der Waals surface area contributed by atoms with Gasteiger partial charge in [0.05, 0.1) is 19.8 Å². The van der Waals surface area contributed by atoms with Gasteiger partial charge in [-0.2, -0.15) is 0 Å². The van der Waals surface area contributed by atoms with Crippen LogP contribution in [0.1, 0.15) is 284 Å².